The van der Waals surface area contributed by atoms with Crippen LogP contribution in [0, 0.1) is 6.92 Å². The van der Waals surface area contributed by atoms with E-state index in [1.807, 2.05) is 36.1 Å². The lowest BCUT2D eigenvalue weighted by Crippen LogP contribution is -2.44. The van der Waals surface area contributed by atoms with Crippen molar-refractivity contribution in [2.75, 3.05) is 6.54 Å². The number of benzene rings is 1. The highest BCUT2D eigenvalue weighted by Crippen LogP contribution is 2.28. The molecule has 0 fully saturated rings. The van der Waals surface area contributed by atoms with Gasteiger partial charge in [-0.15, -0.1) is 0 Å². The summed E-state index contributed by atoms with van der Waals surface area (Å²) in [4.78, 5) is 27.6. The van der Waals surface area contributed by atoms with Crippen molar-refractivity contribution in [2.24, 2.45) is 0 Å². The maximum atomic E-state index is 13.0. The molecule has 0 spiro atoms. The summed E-state index contributed by atoms with van der Waals surface area (Å²) in [5.41, 5.74) is 1.70. The molecule has 1 aliphatic heterocycles. The lowest BCUT2D eigenvalue weighted by Gasteiger charge is -2.36. The van der Waals surface area contributed by atoms with Gasteiger partial charge in [0.25, 0.3) is 5.56 Å². The average Bonchev–Trinajstić information content (AvgIpc) is 3.13. The Balaban J connectivity index is 1.66. The molecule has 6 heteroatoms. The number of fused-ring (bicyclic) bond motifs is 2. The summed E-state index contributed by atoms with van der Waals surface area (Å²) >= 11 is 0. The zero-order valence-electron chi connectivity index (χ0n) is 15.1. The standard InChI is InChI=1S/C20H22N4O2/c1-3-17-18-9-6-10-22(18)11-12-23(17)19(25)13-24-20(26)16-8-5-4-7-15(16)14(2)21-24/h4-10,17H,3,11-13H2,1-2H3. The summed E-state index contributed by atoms with van der Waals surface area (Å²) < 4.78 is 3.50. The topological polar surface area (TPSA) is 60.1 Å². The van der Waals surface area contributed by atoms with Gasteiger partial charge >= 0.3 is 0 Å². The largest absolute Gasteiger partial charge is 0.348 e. The van der Waals surface area contributed by atoms with Gasteiger partial charge in [0.1, 0.15) is 6.54 Å². The van der Waals surface area contributed by atoms with Crippen molar-refractivity contribution in [3.63, 3.8) is 0 Å². The van der Waals surface area contributed by atoms with Crippen LogP contribution in [0.3, 0.4) is 0 Å². The Morgan fingerprint density at radius 1 is 1.15 bits per heavy atom. The van der Waals surface area contributed by atoms with E-state index in [0.29, 0.717) is 11.9 Å². The van der Waals surface area contributed by atoms with Crippen molar-refractivity contribution in [1.82, 2.24) is 19.2 Å². The third-order valence-corrected chi connectivity index (χ3v) is 5.21. The van der Waals surface area contributed by atoms with E-state index in [1.54, 1.807) is 6.07 Å². The summed E-state index contributed by atoms with van der Waals surface area (Å²) in [5, 5.41) is 5.81. The molecule has 1 aliphatic rings. The Morgan fingerprint density at radius 3 is 2.69 bits per heavy atom. The molecule has 3 aromatic rings. The first kappa shape index (κ1) is 16.6. The highest BCUT2D eigenvalue weighted by atomic mass is 16.2. The lowest BCUT2D eigenvalue weighted by atomic mass is 10.1. The van der Waals surface area contributed by atoms with Crippen LogP contribution in [0.5, 0.6) is 0 Å². The predicted molar refractivity (Wildman–Crippen MR) is 99.9 cm³/mol. The maximum Gasteiger partial charge on any atom is 0.275 e. The van der Waals surface area contributed by atoms with Gasteiger partial charge in [0, 0.05) is 30.4 Å². The summed E-state index contributed by atoms with van der Waals surface area (Å²) in [6.07, 6.45) is 2.90. The molecular weight excluding hydrogens is 328 g/mol. The van der Waals surface area contributed by atoms with Crippen molar-refractivity contribution < 1.29 is 4.79 Å². The number of hydrogen-bond acceptors (Lipinski definition) is 3. The number of nitrogens with zero attached hydrogens (tertiary/aromatic N) is 4. The molecule has 0 N–H and O–H groups in total. The molecule has 0 bridgehead atoms. The molecule has 134 valence electrons. The van der Waals surface area contributed by atoms with Gasteiger partial charge in [0.2, 0.25) is 5.91 Å². The summed E-state index contributed by atoms with van der Waals surface area (Å²) in [6, 6.07) is 11.5. The summed E-state index contributed by atoms with van der Waals surface area (Å²) in [7, 11) is 0. The number of rotatable bonds is 3. The second kappa shape index (κ2) is 6.44. The number of aryl methyl sites for hydroxylation is 1. The van der Waals surface area contributed by atoms with Crippen LogP contribution in [-0.2, 0) is 17.9 Å². The van der Waals surface area contributed by atoms with Crippen molar-refractivity contribution in [3.8, 4) is 0 Å². The van der Waals surface area contributed by atoms with Crippen molar-refractivity contribution in [2.45, 2.75) is 39.4 Å². The van der Waals surface area contributed by atoms with E-state index in [0.717, 1.165) is 29.7 Å². The first-order valence-electron chi connectivity index (χ1n) is 9.01. The molecule has 0 aliphatic carbocycles. The monoisotopic (exact) mass is 350 g/mol. The number of hydrogen-bond donors (Lipinski definition) is 0. The van der Waals surface area contributed by atoms with E-state index in [1.165, 1.54) is 4.68 Å². The van der Waals surface area contributed by atoms with E-state index < -0.39 is 0 Å². The van der Waals surface area contributed by atoms with Gasteiger partial charge in [-0.2, -0.15) is 5.10 Å². The number of amides is 1. The van der Waals surface area contributed by atoms with Crippen LogP contribution in [0.15, 0.2) is 47.4 Å². The highest BCUT2D eigenvalue weighted by molar-refractivity contribution is 5.83. The van der Waals surface area contributed by atoms with Gasteiger partial charge in [0.05, 0.1) is 17.1 Å². The second-order valence-corrected chi connectivity index (χ2v) is 6.73. The Kier molecular flexibility index (Phi) is 4.11. The molecule has 4 rings (SSSR count). The molecule has 26 heavy (non-hydrogen) atoms. The molecule has 1 atom stereocenters. The molecule has 0 saturated carbocycles. The van der Waals surface area contributed by atoms with Crippen LogP contribution in [0.1, 0.15) is 30.8 Å². The fraction of sp³-hybridized carbons (Fsp3) is 0.350. The first-order chi connectivity index (χ1) is 12.6. The minimum atomic E-state index is -0.215. The predicted octanol–water partition coefficient (Wildman–Crippen LogP) is 2.50. The second-order valence-electron chi connectivity index (χ2n) is 6.73. The fourth-order valence-corrected chi connectivity index (χ4v) is 3.92. The highest BCUT2D eigenvalue weighted by Gasteiger charge is 2.29. The molecule has 6 nitrogen and oxygen atoms in total. The van der Waals surface area contributed by atoms with Crippen LogP contribution in [0.4, 0.5) is 0 Å². The number of aromatic nitrogens is 3. The SMILES string of the molecule is CCC1c2cccn2CCN1C(=O)Cn1nc(C)c2ccccc2c1=O. The van der Waals surface area contributed by atoms with Gasteiger partial charge in [-0.25, -0.2) is 4.68 Å². The van der Waals surface area contributed by atoms with Crippen LogP contribution in [0.25, 0.3) is 10.8 Å². The quantitative estimate of drug-likeness (QED) is 0.729. The molecular formula is C20H22N4O2. The van der Waals surface area contributed by atoms with Crippen molar-refractivity contribution in [3.05, 3.63) is 64.3 Å². The van der Waals surface area contributed by atoms with Gasteiger partial charge in [-0.3, -0.25) is 9.59 Å². The van der Waals surface area contributed by atoms with Gasteiger partial charge in [-0.1, -0.05) is 25.1 Å². The van der Waals surface area contributed by atoms with Crippen LogP contribution in [0.2, 0.25) is 0 Å². The maximum absolute atomic E-state index is 13.0. The van der Waals surface area contributed by atoms with E-state index in [4.69, 9.17) is 0 Å². The van der Waals surface area contributed by atoms with Crippen LogP contribution >= 0.6 is 0 Å². The van der Waals surface area contributed by atoms with Crippen molar-refractivity contribution in [1.29, 1.82) is 0 Å². The Hall–Kier alpha value is -2.89. The molecule has 0 radical (unpaired) electrons. The normalized spacial score (nSPS) is 16.7. The van der Waals surface area contributed by atoms with Crippen molar-refractivity contribution >= 4 is 16.7 Å². The molecule has 0 saturated heterocycles. The zero-order valence-corrected chi connectivity index (χ0v) is 15.1. The molecule has 1 aromatic carbocycles. The molecule has 1 unspecified atom stereocenters. The number of carbonyl (C=O) groups is 1. The minimum Gasteiger partial charge on any atom is -0.348 e. The third-order valence-electron chi connectivity index (χ3n) is 5.21. The van der Waals surface area contributed by atoms with Gasteiger partial charge in [-0.05, 0) is 31.5 Å². The molecule has 3 heterocycles. The van der Waals surface area contributed by atoms with E-state index in [9.17, 15) is 9.59 Å². The molecule has 1 amide bonds. The third kappa shape index (κ3) is 2.62. The minimum absolute atomic E-state index is 0.0261. The van der Waals surface area contributed by atoms with E-state index >= 15 is 0 Å². The fourth-order valence-electron chi connectivity index (χ4n) is 3.92. The summed E-state index contributed by atoms with van der Waals surface area (Å²) in [5.74, 6) is -0.0615. The summed E-state index contributed by atoms with van der Waals surface area (Å²) in [6.45, 7) is 5.36. The first-order valence-corrected chi connectivity index (χ1v) is 9.01. The Bertz CT molecular complexity index is 1030. The smallest absolute Gasteiger partial charge is 0.275 e. The van der Waals surface area contributed by atoms with E-state index in [2.05, 4.69) is 28.9 Å². The lowest BCUT2D eigenvalue weighted by molar-refractivity contribution is -0.135. The van der Waals surface area contributed by atoms with Crippen LogP contribution in [-0.4, -0.2) is 31.7 Å². The zero-order chi connectivity index (χ0) is 18.3. The molecule has 2 aromatic heterocycles. The van der Waals surface area contributed by atoms with Crippen LogP contribution < -0.4 is 5.56 Å². The number of carbonyl (C=O) groups excluding carboxylic acids is 1. The van der Waals surface area contributed by atoms with E-state index in [-0.39, 0.29) is 24.1 Å². The Labute approximate surface area is 151 Å². The van der Waals surface area contributed by atoms with Gasteiger partial charge < -0.3 is 9.47 Å². The van der Waals surface area contributed by atoms with Gasteiger partial charge in [0.15, 0.2) is 0 Å². The Morgan fingerprint density at radius 2 is 1.92 bits per heavy atom. The average molecular weight is 350 g/mol.